The number of hydrogen-bond donors (Lipinski definition) is 3. The average Bonchev–Trinajstić information content (AvgIpc) is 3.29. The number of hydrogen-bond acceptors (Lipinski definition) is 7. The largest absolute Gasteiger partial charge is 0.502 e. The summed E-state index contributed by atoms with van der Waals surface area (Å²) < 4.78 is 29.7. The lowest BCUT2D eigenvalue weighted by Crippen LogP contribution is -2.47. The number of nitrogens with one attached hydrogen (secondary N) is 1. The van der Waals surface area contributed by atoms with Crippen LogP contribution >= 0.6 is 0 Å². The number of fused-ring (bicyclic) bond motifs is 2. The fourth-order valence-corrected chi connectivity index (χ4v) is 5.69. The van der Waals surface area contributed by atoms with Crippen LogP contribution in [0, 0.1) is 16.0 Å². The van der Waals surface area contributed by atoms with Crippen molar-refractivity contribution in [2.24, 2.45) is 5.92 Å². The highest BCUT2D eigenvalue weighted by Crippen LogP contribution is 2.41. The number of rotatable bonds is 5. The number of carbonyl (C=O) groups excluding carboxylic acids is 1. The lowest BCUT2D eigenvalue weighted by molar-refractivity contribution is -0.386. The van der Waals surface area contributed by atoms with Gasteiger partial charge in [-0.05, 0) is 62.2 Å². The van der Waals surface area contributed by atoms with Crippen molar-refractivity contribution in [3.8, 4) is 5.75 Å². The molecule has 0 saturated carbocycles. The topological polar surface area (TPSA) is 157 Å². The second kappa shape index (κ2) is 10.6. The molecule has 2 aromatic carbocycles. The maximum atomic E-state index is 12.9. The van der Waals surface area contributed by atoms with E-state index in [2.05, 4.69) is 61.3 Å². The molecule has 2 aliphatic rings. The van der Waals surface area contributed by atoms with Gasteiger partial charge in [0, 0.05) is 48.8 Å². The Kier molecular flexibility index (Phi) is 7.58. The molecule has 12 heteroatoms. The summed E-state index contributed by atoms with van der Waals surface area (Å²) >= 11 is 0. The summed E-state index contributed by atoms with van der Waals surface area (Å²) in [6, 6.07) is 9.07. The molecule has 2 atom stereocenters. The number of aromatic amines is 1. The van der Waals surface area contributed by atoms with Gasteiger partial charge >= 0.3 is 5.69 Å². The second-order valence-corrected chi connectivity index (χ2v) is 10.7. The molecular formula is C26H30N4O7S. The van der Waals surface area contributed by atoms with Crippen LogP contribution in [-0.4, -0.2) is 76.4 Å². The van der Waals surface area contributed by atoms with Gasteiger partial charge in [-0.15, -0.1) is 0 Å². The number of phenols is 1. The Bertz CT molecular complexity index is 1530. The van der Waals surface area contributed by atoms with Crippen molar-refractivity contribution in [3.05, 3.63) is 69.9 Å². The number of nitrogens with zero attached hydrogens (tertiary/aromatic N) is 3. The first-order chi connectivity index (χ1) is 18.0. The summed E-state index contributed by atoms with van der Waals surface area (Å²) in [6.45, 7) is 6.47. The number of amides is 1. The van der Waals surface area contributed by atoms with E-state index in [0.29, 0.717) is 12.1 Å². The Morgan fingerprint density at radius 3 is 2.58 bits per heavy atom. The Morgan fingerprint density at radius 2 is 1.95 bits per heavy atom. The molecule has 0 radical (unpaired) electrons. The number of H-pyrrole nitrogens is 1. The van der Waals surface area contributed by atoms with E-state index < -0.39 is 31.4 Å². The van der Waals surface area contributed by atoms with E-state index in [1.807, 2.05) is 4.90 Å². The van der Waals surface area contributed by atoms with Crippen molar-refractivity contribution < 1.29 is 27.8 Å². The van der Waals surface area contributed by atoms with Gasteiger partial charge in [-0.3, -0.25) is 24.4 Å². The minimum atomic E-state index is -4.49. The summed E-state index contributed by atoms with van der Waals surface area (Å²) in [5.41, 5.74) is 4.43. The molecule has 202 valence electrons. The highest BCUT2D eigenvalue weighted by atomic mass is 32.2. The molecule has 1 amide bonds. The Morgan fingerprint density at radius 1 is 1.24 bits per heavy atom. The fourth-order valence-electron chi connectivity index (χ4n) is 5.19. The van der Waals surface area contributed by atoms with Crippen molar-refractivity contribution in [2.75, 3.05) is 26.7 Å². The van der Waals surface area contributed by atoms with E-state index in [0.717, 1.165) is 38.2 Å². The van der Waals surface area contributed by atoms with Gasteiger partial charge in [0.1, 0.15) is 4.90 Å². The summed E-state index contributed by atoms with van der Waals surface area (Å²) in [4.78, 5) is 29.2. The van der Waals surface area contributed by atoms with Crippen molar-refractivity contribution in [1.82, 2.24) is 14.8 Å². The predicted octanol–water partition coefficient (Wildman–Crippen LogP) is 3.45. The number of benzene rings is 2. The minimum Gasteiger partial charge on any atom is -0.502 e. The number of aromatic nitrogens is 1. The van der Waals surface area contributed by atoms with E-state index in [1.54, 1.807) is 0 Å². The van der Waals surface area contributed by atoms with Crippen LogP contribution in [-0.2, 0) is 21.3 Å². The van der Waals surface area contributed by atoms with Crippen LogP contribution in [0.1, 0.15) is 25.0 Å². The molecule has 38 heavy (non-hydrogen) atoms. The van der Waals surface area contributed by atoms with Gasteiger partial charge in [-0.1, -0.05) is 18.2 Å². The first-order valence-electron chi connectivity index (χ1n) is 12.2. The Hall–Kier alpha value is -3.74. The molecule has 11 nitrogen and oxygen atoms in total. The Labute approximate surface area is 220 Å². The number of aromatic hydroxyl groups is 1. The van der Waals surface area contributed by atoms with Crippen molar-refractivity contribution >= 4 is 38.2 Å². The third-order valence-corrected chi connectivity index (χ3v) is 7.95. The minimum absolute atomic E-state index is 0.0445. The molecule has 0 bridgehead atoms. The van der Waals surface area contributed by atoms with Gasteiger partial charge < -0.3 is 15.0 Å². The second-order valence-electron chi connectivity index (χ2n) is 9.32. The first-order valence-corrected chi connectivity index (χ1v) is 13.6. The van der Waals surface area contributed by atoms with Crippen LogP contribution in [0.25, 0.3) is 16.5 Å². The van der Waals surface area contributed by atoms with E-state index >= 15 is 0 Å². The van der Waals surface area contributed by atoms with Gasteiger partial charge in [0.2, 0.25) is 5.91 Å². The molecule has 3 N–H and O–H groups in total. The average molecular weight is 543 g/mol. The first kappa shape index (κ1) is 27.3. The van der Waals surface area contributed by atoms with Crippen LogP contribution in [0.3, 0.4) is 0 Å². The smallest absolute Gasteiger partial charge is 0.312 e. The van der Waals surface area contributed by atoms with Crippen LogP contribution in [0.2, 0.25) is 0 Å². The third kappa shape index (κ3) is 5.15. The standard InChI is InChI=1S/C20H25N3O.C6H5NO6S/c1-4-23(5-2)20(24)14-9-16-15-7-6-8-17-19(15)13(11-21-17)10-18(16)22(3)12-14;8-6-2-1-4(14(11,12)13)3-5(6)7(9)10/h6-9,11,14,18,21H,4-5,10,12H2,1-3H3;1-3,8H,(H,11,12,13)/t14-,18-;/m1./s1. The van der Waals surface area contributed by atoms with Gasteiger partial charge in [0.15, 0.2) is 5.75 Å². The molecule has 1 aliphatic heterocycles. The van der Waals surface area contributed by atoms with Crippen molar-refractivity contribution in [1.29, 1.82) is 0 Å². The van der Waals surface area contributed by atoms with Gasteiger partial charge in [0.05, 0.1) is 10.8 Å². The van der Waals surface area contributed by atoms with Crippen molar-refractivity contribution in [2.45, 2.75) is 31.2 Å². The molecule has 2 heterocycles. The highest BCUT2D eigenvalue weighted by molar-refractivity contribution is 7.85. The van der Waals surface area contributed by atoms with Gasteiger partial charge in [-0.25, -0.2) is 0 Å². The van der Waals surface area contributed by atoms with Crippen LogP contribution in [0.4, 0.5) is 5.69 Å². The lowest BCUT2D eigenvalue weighted by Gasteiger charge is -2.40. The maximum Gasteiger partial charge on any atom is 0.312 e. The monoisotopic (exact) mass is 542 g/mol. The molecule has 0 fully saturated rings. The third-order valence-electron chi connectivity index (χ3n) is 7.10. The van der Waals surface area contributed by atoms with E-state index in [4.69, 9.17) is 9.66 Å². The quantitative estimate of drug-likeness (QED) is 0.251. The van der Waals surface area contributed by atoms with E-state index in [1.165, 1.54) is 27.6 Å². The zero-order valence-electron chi connectivity index (χ0n) is 21.3. The summed E-state index contributed by atoms with van der Waals surface area (Å²) in [6.07, 6.45) is 5.41. The molecule has 3 aromatic rings. The molecule has 1 aromatic heterocycles. The summed E-state index contributed by atoms with van der Waals surface area (Å²) in [5.74, 6) is -0.455. The van der Waals surface area contributed by atoms with Gasteiger partial charge in [-0.2, -0.15) is 8.42 Å². The summed E-state index contributed by atoms with van der Waals surface area (Å²) in [5, 5.41) is 20.6. The zero-order chi connectivity index (χ0) is 27.8. The highest BCUT2D eigenvalue weighted by Gasteiger charge is 2.36. The number of carbonyl (C=O) groups is 1. The van der Waals surface area contributed by atoms with Crippen molar-refractivity contribution in [3.63, 3.8) is 0 Å². The molecule has 5 rings (SSSR count). The number of nitro benzene ring substituents is 1. The predicted molar refractivity (Wildman–Crippen MR) is 142 cm³/mol. The normalized spacial score (nSPS) is 18.7. The molecule has 0 spiro atoms. The number of likely N-dealkylation sites (N-methyl/N-ethyl adjacent to an activating group) is 1. The zero-order valence-corrected chi connectivity index (χ0v) is 22.1. The van der Waals surface area contributed by atoms with E-state index in [9.17, 15) is 23.3 Å². The molecule has 0 saturated heterocycles. The Balaban J connectivity index is 0.000000206. The number of phenolic OH excluding ortho intramolecular Hbond substituents is 1. The van der Waals surface area contributed by atoms with E-state index in [-0.39, 0.29) is 11.8 Å². The molecule has 1 aliphatic carbocycles. The summed E-state index contributed by atoms with van der Waals surface area (Å²) in [7, 11) is -2.34. The van der Waals surface area contributed by atoms with Crippen LogP contribution in [0.5, 0.6) is 5.75 Å². The molecule has 0 unspecified atom stereocenters. The number of nitro groups is 1. The SMILES string of the molecule is CCN(CC)C(=O)[C@@H]1C=C2c3cccc4[nH]cc(c34)C[C@H]2N(C)C1.O=[N+]([O-])c1cc(S(=O)(=O)O)ccc1O. The molecular weight excluding hydrogens is 512 g/mol. The fraction of sp³-hybridized carbons (Fsp3) is 0.346. The lowest BCUT2D eigenvalue weighted by atomic mass is 9.79. The maximum absolute atomic E-state index is 12.9. The van der Waals surface area contributed by atoms with Gasteiger partial charge in [0.25, 0.3) is 10.1 Å². The van der Waals surface area contributed by atoms with Crippen LogP contribution in [0.15, 0.2) is 53.6 Å². The van der Waals surface area contributed by atoms with Crippen LogP contribution < -0.4 is 0 Å².